The minimum absolute atomic E-state index is 0.174. The molecule has 0 unspecified atom stereocenters. The van der Waals surface area contributed by atoms with Crippen LogP contribution in [0.3, 0.4) is 0 Å². The Kier molecular flexibility index (Phi) is 1.24. The number of hydrogen-bond donors (Lipinski definition) is 0. The van der Waals surface area contributed by atoms with Gasteiger partial charge in [-0.3, -0.25) is 0 Å². The second-order valence-electron chi connectivity index (χ2n) is 5.72. The van der Waals surface area contributed by atoms with E-state index in [9.17, 15) is 0 Å². The molecular formula is C12H16N2. The van der Waals surface area contributed by atoms with Gasteiger partial charge in [-0.1, -0.05) is 0 Å². The summed E-state index contributed by atoms with van der Waals surface area (Å²) in [6, 6.07) is 0. The molecule has 0 radical (unpaired) electrons. The van der Waals surface area contributed by atoms with E-state index < -0.39 is 0 Å². The maximum Gasteiger partial charge on any atom is 0.107 e. The topological polar surface area (TPSA) is 24.7 Å². The Morgan fingerprint density at radius 1 is 0.929 bits per heavy atom. The van der Waals surface area contributed by atoms with Crippen LogP contribution in [-0.4, -0.2) is 5.54 Å². The smallest absolute Gasteiger partial charge is 0.107 e. The van der Waals surface area contributed by atoms with Crippen molar-refractivity contribution in [3.05, 3.63) is 12.3 Å². The third-order valence-corrected chi connectivity index (χ3v) is 5.09. The summed E-state index contributed by atoms with van der Waals surface area (Å²) in [4.78, 5) is 0. The molecule has 4 saturated carbocycles. The summed E-state index contributed by atoms with van der Waals surface area (Å²) < 4.78 is 0. The van der Waals surface area contributed by atoms with Gasteiger partial charge in [-0.2, -0.15) is 10.2 Å². The normalized spacial score (nSPS) is 57.7. The maximum atomic E-state index is 4.58. The van der Waals surface area contributed by atoms with Crippen molar-refractivity contribution in [3.63, 3.8) is 0 Å². The highest BCUT2D eigenvalue weighted by molar-refractivity contribution is 5.22. The van der Waals surface area contributed by atoms with Gasteiger partial charge in [0.05, 0.1) is 0 Å². The molecule has 4 fully saturated rings. The van der Waals surface area contributed by atoms with Gasteiger partial charge in [0.2, 0.25) is 0 Å². The van der Waals surface area contributed by atoms with Crippen LogP contribution in [0.15, 0.2) is 22.5 Å². The van der Waals surface area contributed by atoms with Gasteiger partial charge in [0, 0.05) is 6.20 Å². The van der Waals surface area contributed by atoms with Crippen molar-refractivity contribution in [2.75, 3.05) is 0 Å². The molecular weight excluding hydrogens is 172 g/mol. The highest BCUT2D eigenvalue weighted by atomic mass is 15.2. The van der Waals surface area contributed by atoms with Crippen molar-refractivity contribution in [2.45, 2.75) is 37.6 Å². The van der Waals surface area contributed by atoms with Gasteiger partial charge in [0.25, 0.3) is 0 Å². The van der Waals surface area contributed by atoms with Gasteiger partial charge < -0.3 is 0 Å². The first kappa shape index (κ1) is 7.61. The third kappa shape index (κ3) is 0.745. The predicted molar refractivity (Wildman–Crippen MR) is 53.8 cm³/mol. The maximum absolute atomic E-state index is 4.58. The molecule has 0 N–H and O–H groups in total. The molecule has 0 amide bonds. The zero-order chi connectivity index (χ0) is 9.17. The lowest BCUT2D eigenvalue weighted by Gasteiger charge is -2.57. The summed E-state index contributed by atoms with van der Waals surface area (Å²) in [7, 11) is 0. The fraction of sp³-hybridized carbons (Fsp3) is 0.833. The molecule has 4 bridgehead atoms. The van der Waals surface area contributed by atoms with Crippen LogP contribution in [0.4, 0.5) is 0 Å². The summed E-state index contributed by atoms with van der Waals surface area (Å²) in [5, 5.41) is 8.71. The molecule has 5 aliphatic rings. The van der Waals surface area contributed by atoms with E-state index in [4.69, 9.17) is 0 Å². The minimum atomic E-state index is 0.174. The van der Waals surface area contributed by atoms with E-state index in [2.05, 4.69) is 16.3 Å². The Labute approximate surface area is 84.5 Å². The van der Waals surface area contributed by atoms with Crippen molar-refractivity contribution < 1.29 is 0 Å². The van der Waals surface area contributed by atoms with E-state index >= 15 is 0 Å². The molecule has 1 heterocycles. The third-order valence-electron chi connectivity index (χ3n) is 5.09. The highest BCUT2D eigenvalue weighted by Gasteiger charge is 2.57. The van der Waals surface area contributed by atoms with Crippen molar-refractivity contribution in [1.82, 2.24) is 0 Å². The van der Waals surface area contributed by atoms with Crippen molar-refractivity contribution >= 4 is 0 Å². The summed E-state index contributed by atoms with van der Waals surface area (Å²) in [6.07, 6.45) is 11.5. The van der Waals surface area contributed by atoms with E-state index in [1.165, 1.54) is 32.1 Å². The van der Waals surface area contributed by atoms with Crippen LogP contribution in [0.1, 0.15) is 32.1 Å². The second kappa shape index (κ2) is 2.29. The van der Waals surface area contributed by atoms with Gasteiger partial charge in [-0.15, -0.1) is 0 Å². The van der Waals surface area contributed by atoms with Gasteiger partial charge >= 0.3 is 0 Å². The van der Waals surface area contributed by atoms with E-state index in [-0.39, 0.29) is 5.54 Å². The lowest BCUT2D eigenvalue weighted by molar-refractivity contribution is -0.0325. The molecule has 5 rings (SSSR count). The Morgan fingerprint density at radius 3 is 2.07 bits per heavy atom. The van der Waals surface area contributed by atoms with Gasteiger partial charge in [0.15, 0.2) is 0 Å². The van der Waals surface area contributed by atoms with Crippen LogP contribution in [0.2, 0.25) is 0 Å². The molecule has 14 heavy (non-hydrogen) atoms. The first-order valence-corrected chi connectivity index (χ1v) is 5.96. The number of hydrogen-bond acceptors (Lipinski definition) is 2. The van der Waals surface area contributed by atoms with E-state index in [0.29, 0.717) is 0 Å². The largest absolute Gasteiger partial charge is 0.178 e. The molecule has 4 aliphatic carbocycles. The molecule has 1 spiro atoms. The van der Waals surface area contributed by atoms with Crippen molar-refractivity contribution in [3.8, 4) is 0 Å². The van der Waals surface area contributed by atoms with Crippen LogP contribution in [0, 0.1) is 23.7 Å². The van der Waals surface area contributed by atoms with Crippen molar-refractivity contribution in [2.24, 2.45) is 33.9 Å². The van der Waals surface area contributed by atoms with Crippen LogP contribution in [0.5, 0.6) is 0 Å². The molecule has 0 aromatic rings. The summed E-state index contributed by atoms with van der Waals surface area (Å²) in [6.45, 7) is 0. The van der Waals surface area contributed by atoms with Crippen molar-refractivity contribution in [1.29, 1.82) is 0 Å². The average Bonchev–Trinajstić information content (AvgIpc) is 2.63. The molecule has 0 aromatic carbocycles. The first-order valence-electron chi connectivity index (χ1n) is 5.96. The van der Waals surface area contributed by atoms with E-state index in [0.717, 1.165) is 23.7 Å². The Bertz CT molecular complexity index is 287. The van der Waals surface area contributed by atoms with Crippen LogP contribution in [-0.2, 0) is 0 Å². The van der Waals surface area contributed by atoms with Gasteiger partial charge in [0.1, 0.15) is 5.54 Å². The van der Waals surface area contributed by atoms with Gasteiger partial charge in [-0.05, 0) is 61.9 Å². The lowest BCUT2D eigenvalue weighted by Crippen LogP contribution is -2.54. The molecule has 74 valence electrons. The molecule has 0 aromatic heterocycles. The Morgan fingerprint density at radius 2 is 1.57 bits per heavy atom. The zero-order valence-corrected chi connectivity index (χ0v) is 8.39. The van der Waals surface area contributed by atoms with Gasteiger partial charge in [-0.25, -0.2) is 0 Å². The predicted octanol–water partition coefficient (Wildman–Crippen LogP) is 3.16. The van der Waals surface area contributed by atoms with Crippen LogP contribution >= 0.6 is 0 Å². The molecule has 2 nitrogen and oxygen atoms in total. The summed E-state index contributed by atoms with van der Waals surface area (Å²) in [5.74, 6) is 3.74. The first-order chi connectivity index (χ1) is 6.87. The molecule has 0 atom stereocenters. The Balaban J connectivity index is 1.81. The molecule has 2 heteroatoms. The standard InChI is InChI=1S/C12H16N2/c1-2-13-14-12(1)10-4-8-3-9(6-10)7-11(12)5-8/h1-2,8-11H,3-7H2. The van der Waals surface area contributed by atoms with E-state index in [1.807, 2.05) is 6.20 Å². The number of azo groups is 1. The number of nitrogens with zero attached hydrogens (tertiary/aromatic N) is 2. The van der Waals surface area contributed by atoms with E-state index in [1.54, 1.807) is 0 Å². The Hall–Kier alpha value is -0.660. The average molecular weight is 188 g/mol. The summed E-state index contributed by atoms with van der Waals surface area (Å²) in [5.41, 5.74) is 0.174. The number of rotatable bonds is 0. The minimum Gasteiger partial charge on any atom is -0.178 e. The summed E-state index contributed by atoms with van der Waals surface area (Å²) >= 11 is 0. The monoisotopic (exact) mass is 188 g/mol. The molecule has 1 aliphatic heterocycles. The lowest BCUT2D eigenvalue weighted by atomic mass is 9.49. The SMILES string of the molecule is C1=CC2(N=N1)C1CC3CC(C1)CC2C3. The zero-order valence-electron chi connectivity index (χ0n) is 8.39. The van der Waals surface area contributed by atoms with Crippen LogP contribution in [0.25, 0.3) is 0 Å². The molecule has 0 saturated heterocycles. The second-order valence-corrected chi connectivity index (χ2v) is 5.72. The van der Waals surface area contributed by atoms with Crippen LogP contribution < -0.4 is 0 Å². The quantitative estimate of drug-likeness (QED) is 0.558. The fourth-order valence-corrected chi connectivity index (χ4v) is 4.69. The fourth-order valence-electron chi connectivity index (χ4n) is 4.69. The highest BCUT2D eigenvalue weighted by Crippen LogP contribution is 2.60.